The van der Waals surface area contributed by atoms with Crippen molar-refractivity contribution in [3.05, 3.63) is 35.4 Å². The van der Waals surface area contributed by atoms with E-state index in [4.69, 9.17) is 5.11 Å². The number of aliphatic hydroxyl groups excluding tert-OH is 1. The van der Waals surface area contributed by atoms with Gasteiger partial charge in [0.15, 0.2) is 0 Å². The summed E-state index contributed by atoms with van der Waals surface area (Å²) in [5.74, 6) is -0.809. The molecule has 6 nitrogen and oxygen atoms in total. The molecule has 0 spiro atoms. The molecule has 0 aliphatic heterocycles. The van der Waals surface area contributed by atoms with Crippen molar-refractivity contribution in [2.45, 2.75) is 31.9 Å². The molecule has 1 aromatic carbocycles. The lowest BCUT2D eigenvalue weighted by Crippen LogP contribution is -2.40. The summed E-state index contributed by atoms with van der Waals surface area (Å²) in [7, 11) is 1.72. The summed E-state index contributed by atoms with van der Waals surface area (Å²) in [4.78, 5) is 24.4. The van der Waals surface area contributed by atoms with Crippen LogP contribution in [0.5, 0.6) is 0 Å². The number of hydrogen-bond donors (Lipinski definition) is 3. The molecule has 0 aromatic heterocycles. The number of amides is 2. The Morgan fingerprint density at radius 3 is 2.50 bits per heavy atom. The van der Waals surface area contributed by atoms with Crippen molar-refractivity contribution in [3.8, 4) is 0 Å². The topological polar surface area (TPSA) is 89.9 Å². The molecule has 0 heterocycles. The van der Waals surface area contributed by atoms with E-state index < -0.39 is 5.97 Å². The van der Waals surface area contributed by atoms with Crippen LogP contribution >= 0.6 is 0 Å². The lowest BCUT2D eigenvalue weighted by atomic mass is 10.1. The average Bonchev–Trinajstić information content (AvgIpc) is 2.90. The predicted molar refractivity (Wildman–Crippen MR) is 81.6 cm³/mol. The third-order valence-corrected chi connectivity index (χ3v) is 4.12. The Labute approximate surface area is 129 Å². The van der Waals surface area contributed by atoms with E-state index in [2.05, 4.69) is 5.32 Å². The minimum atomic E-state index is -0.967. The van der Waals surface area contributed by atoms with Crippen LogP contribution in [0.3, 0.4) is 0 Å². The molecule has 2 amide bonds. The highest BCUT2D eigenvalue weighted by molar-refractivity contribution is 5.87. The third-order valence-electron chi connectivity index (χ3n) is 4.12. The molecule has 1 saturated carbocycles. The van der Waals surface area contributed by atoms with Gasteiger partial charge in [-0.2, -0.15) is 0 Å². The fourth-order valence-electron chi connectivity index (χ4n) is 2.74. The highest BCUT2D eigenvalue weighted by Gasteiger charge is 2.27. The molecule has 2 unspecified atom stereocenters. The molecule has 120 valence electrons. The van der Waals surface area contributed by atoms with Gasteiger partial charge < -0.3 is 20.4 Å². The largest absolute Gasteiger partial charge is 0.478 e. The number of carbonyl (C=O) groups is 2. The zero-order valence-corrected chi connectivity index (χ0v) is 12.7. The molecule has 2 rings (SSSR count). The van der Waals surface area contributed by atoms with Crippen LogP contribution in [0.4, 0.5) is 4.79 Å². The van der Waals surface area contributed by atoms with Gasteiger partial charge in [-0.25, -0.2) is 9.59 Å². The number of hydrogen-bond acceptors (Lipinski definition) is 3. The summed E-state index contributed by atoms with van der Waals surface area (Å²) >= 11 is 0. The molecular weight excluding hydrogens is 284 g/mol. The first-order valence-corrected chi connectivity index (χ1v) is 7.46. The molecule has 3 N–H and O–H groups in total. The lowest BCUT2D eigenvalue weighted by Gasteiger charge is -2.23. The quantitative estimate of drug-likeness (QED) is 0.772. The maximum absolute atomic E-state index is 12.0. The number of carbonyl (C=O) groups excluding carboxylic acids is 1. The van der Waals surface area contributed by atoms with Gasteiger partial charge >= 0.3 is 12.0 Å². The van der Waals surface area contributed by atoms with Gasteiger partial charge in [0, 0.05) is 26.1 Å². The first-order chi connectivity index (χ1) is 10.5. The van der Waals surface area contributed by atoms with Crippen molar-refractivity contribution in [1.82, 2.24) is 10.2 Å². The second-order valence-corrected chi connectivity index (χ2v) is 5.80. The van der Waals surface area contributed by atoms with E-state index in [0.717, 1.165) is 24.8 Å². The fraction of sp³-hybridized carbons (Fsp3) is 0.500. The molecule has 1 aromatic rings. The highest BCUT2D eigenvalue weighted by atomic mass is 16.4. The van der Waals surface area contributed by atoms with Crippen LogP contribution < -0.4 is 5.32 Å². The number of carboxylic acids is 1. The van der Waals surface area contributed by atoms with Crippen molar-refractivity contribution in [2.24, 2.45) is 5.92 Å². The summed E-state index contributed by atoms with van der Waals surface area (Å²) < 4.78 is 0. The fourth-order valence-corrected chi connectivity index (χ4v) is 2.74. The molecule has 6 heteroatoms. The Bertz CT molecular complexity index is 529. The van der Waals surface area contributed by atoms with Gasteiger partial charge in [0.1, 0.15) is 0 Å². The van der Waals surface area contributed by atoms with Gasteiger partial charge in [0.25, 0.3) is 0 Å². The van der Waals surface area contributed by atoms with E-state index in [1.807, 2.05) is 0 Å². The summed E-state index contributed by atoms with van der Waals surface area (Å²) in [6.45, 7) is 0.890. The van der Waals surface area contributed by atoms with Crippen molar-refractivity contribution in [1.29, 1.82) is 0 Å². The Kier molecular flexibility index (Phi) is 5.38. The van der Waals surface area contributed by atoms with Crippen LogP contribution in [0.2, 0.25) is 0 Å². The predicted octanol–water partition coefficient (Wildman–Crippen LogP) is 1.69. The van der Waals surface area contributed by atoms with E-state index in [1.165, 1.54) is 12.1 Å². The molecule has 0 saturated heterocycles. The number of aliphatic hydroxyl groups is 1. The number of aromatic carboxylic acids is 1. The summed E-state index contributed by atoms with van der Waals surface area (Å²) in [5.41, 5.74) is 1.06. The Morgan fingerprint density at radius 2 is 1.95 bits per heavy atom. The number of nitrogens with one attached hydrogen (secondary N) is 1. The lowest BCUT2D eigenvalue weighted by molar-refractivity contribution is 0.0696. The van der Waals surface area contributed by atoms with Crippen LogP contribution in [0, 0.1) is 5.92 Å². The third kappa shape index (κ3) is 4.21. The molecule has 0 radical (unpaired) electrons. The number of nitrogens with zero attached hydrogens (tertiary/aromatic N) is 1. The van der Waals surface area contributed by atoms with Gasteiger partial charge in [-0.15, -0.1) is 0 Å². The highest BCUT2D eigenvalue weighted by Crippen LogP contribution is 2.25. The van der Waals surface area contributed by atoms with Gasteiger partial charge in [0.2, 0.25) is 0 Å². The van der Waals surface area contributed by atoms with Crippen molar-refractivity contribution in [3.63, 3.8) is 0 Å². The molecule has 1 aliphatic rings. The average molecular weight is 306 g/mol. The monoisotopic (exact) mass is 306 g/mol. The minimum absolute atomic E-state index is 0.158. The summed E-state index contributed by atoms with van der Waals surface area (Å²) in [5, 5.41) is 21.4. The van der Waals surface area contributed by atoms with Crippen LogP contribution in [0.1, 0.15) is 35.2 Å². The SMILES string of the molecule is CN(CC1CCCC1O)C(=O)NCc1ccc(C(=O)O)cc1. The second-order valence-electron chi connectivity index (χ2n) is 5.80. The minimum Gasteiger partial charge on any atom is -0.478 e. The Hall–Kier alpha value is -2.08. The normalized spacial score (nSPS) is 20.6. The van der Waals surface area contributed by atoms with Gasteiger partial charge in [0.05, 0.1) is 11.7 Å². The Balaban J connectivity index is 1.80. The molecule has 2 atom stereocenters. The molecule has 0 bridgehead atoms. The number of carboxylic acid groups (broad SMARTS) is 1. The maximum atomic E-state index is 12.0. The van der Waals surface area contributed by atoms with E-state index >= 15 is 0 Å². The molecule has 22 heavy (non-hydrogen) atoms. The van der Waals surface area contributed by atoms with Gasteiger partial charge in [-0.05, 0) is 30.5 Å². The number of urea groups is 1. The maximum Gasteiger partial charge on any atom is 0.335 e. The van der Waals surface area contributed by atoms with E-state index in [0.29, 0.717) is 13.1 Å². The molecule has 1 aliphatic carbocycles. The van der Waals surface area contributed by atoms with E-state index in [-0.39, 0.29) is 23.6 Å². The summed E-state index contributed by atoms with van der Waals surface area (Å²) in [6, 6.07) is 6.21. The van der Waals surface area contributed by atoms with Crippen LogP contribution in [0.25, 0.3) is 0 Å². The van der Waals surface area contributed by atoms with E-state index in [1.54, 1.807) is 24.1 Å². The van der Waals surface area contributed by atoms with Crippen LogP contribution in [-0.2, 0) is 6.54 Å². The smallest absolute Gasteiger partial charge is 0.335 e. The number of rotatable bonds is 5. The Morgan fingerprint density at radius 1 is 1.27 bits per heavy atom. The molecule has 1 fully saturated rings. The number of benzene rings is 1. The van der Waals surface area contributed by atoms with Crippen LogP contribution in [0.15, 0.2) is 24.3 Å². The zero-order chi connectivity index (χ0) is 16.1. The molecular formula is C16H22N2O4. The van der Waals surface area contributed by atoms with Gasteiger partial charge in [-0.3, -0.25) is 0 Å². The van der Waals surface area contributed by atoms with Crippen molar-refractivity contribution < 1.29 is 19.8 Å². The van der Waals surface area contributed by atoms with Gasteiger partial charge in [-0.1, -0.05) is 18.6 Å². The van der Waals surface area contributed by atoms with Crippen molar-refractivity contribution >= 4 is 12.0 Å². The second kappa shape index (κ2) is 7.26. The van der Waals surface area contributed by atoms with Crippen LogP contribution in [-0.4, -0.2) is 46.8 Å². The zero-order valence-electron chi connectivity index (χ0n) is 12.7. The van der Waals surface area contributed by atoms with Crippen molar-refractivity contribution in [2.75, 3.05) is 13.6 Å². The first kappa shape index (κ1) is 16.3. The first-order valence-electron chi connectivity index (χ1n) is 7.46. The summed E-state index contributed by atoms with van der Waals surface area (Å²) in [6.07, 6.45) is 2.47. The van der Waals surface area contributed by atoms with E-state index in [9.17, 15) is 14.7 Å². The standard InChI is InChI=1S/C16H22N2O4/c1-18(10-13-3-2-4-14(13)19)16(22)17-9-11-5-7-12(8-6-11)15(20)21/h5-8,13-14,19H,2-4,9-10H2,1H3,(H,17,22)(H,20,21).